The van der Waals surface area contributed by atoms with E-state index in [9.17, 15) is 22.4 Å². The number of aromatic nitrogens is 1. The monoisotopic (exact) mass is 303 g/mol. The summed E-state index contributed by atoms with van der Waals surface area (Å²) in [6.07, 6.45) is -3.81. The Bertz CT molecular complexity index is 664. The fourth-order valence-corrected chi connectivity index (χ4v) is 1.66. The van der Waals surface area contributed by atoms with E-state index in [2.05, 4.69) is 9.72 Å². The van der Waals surface area contributed by atoms with Gasteiger partial charge in [-0.05, 0) is 25.1 Å². The largest absolute Gasteiger partial charge is 0.461 e. The van der Waals surface area contributed by atoms with Crippen LogP contribution in [0.15, 0.2) is 29.0 Å². The van der Waals surface area contributed by atoms with Crippen molar-refractivity contribution >= 4 is 5.97 Å². The lowest BCUT2D eigenvalue weighted by molar-refractivity contribution is -0.137. The maximum absolute atomic E-state index is 13.7. The number of nitrogens with zero attached hydrogens (tertiary/aromatic N) is 1. The summed E-state index contributed by atoms with van der Waals surface area (Å²) in [6, 6.07) is 1.80. The molecule has 112 valence electrons. The third-order valence-electron chi connectivity index (χ3n) is 2.57. The normalized spacial score (nSPS) is 11.5. The minimum absolute atomic E-state index is 0.0379. The van der Waals surface area contributed by atoms with Crippen LogP contribution in [-0.2, 0) is 10.9 Å². The van der Waals surface area contributed by atoms with Gasteiger partial charge >= 0.3 is 12.1 Å². The zero-order valence-corrected chi connectivity index (χ0v) is 10.7. The molecule has 2 aromatic rings. The van der Waals surface area contributed by atoms with Gasteiger partial charge in [-0.3, -0.25) is 0 Å². The number of benzene rings is 1. The molecule has 0 N–H and O–H groups in total. The second-order valence-corrected chi connectivity index (χ2v) is 3.94. The first-order valence-corrected chi connectivity index (χ1v) is 5.82. The Morgan fingerprint density at radius 3 is 2.71 bits per heavy atom. The number of carbonyl (C=O) groups is 1. The maximum atomic E-state index is 13.7. The van der Waals surface area contributed by atoms with Gasteiger partial charge in [0, 0.05) is 0 Å². The fraction of sp³-hybridized carbons (Fsp3) is 0.231. The van der Waals surface area contributed by atoms with Crippen LogP contribution >= 0.6 is 0 Å². The van der Waals surface area contributed by atoms with Gasteiger partial charge in [-0.25, -0.2) is 14.2 Å². The third kappa shape index (κ3) is 3.04. The summed E-state index contributed by atoms with van der Waals surface area (Å²) in [4.78, 5) is 15.2. The van der Waals surface area contributed by atoms with Gasteiger partial charge in [0.1, 0.15) is 5.82 Å². The van der Waals surface area contributed by atoms with Crippen molar-refractivity contribution in [1.29, 1.82) is 0 Å². The second-order valence-electron chi connectivity index (χ2n) is 3.94. The van der Waals surface area contributed by atoms with Crippen LogP contribution in [0.25, 0.3) is 11.3 Å². The molecule has 0 saturated carbocycles. The molecule has 1 heterocycles. The molecule has 1 aromatic heterocycles. The molecule has 2 rings (SSSR count). The molecule has 4 nitrogen and oxygen atoms in total. The van der Waals surface area contributed by atoms with Crippen LogP contribution in [0.3, 0.4) is 0 Å². The van der Waals surface area contributed by atoms with E-state index >= 15 is 0 Å². The average Bonchev–Trinajstić information content (AvgIpc) is 2.87. The van der Waals surface area contributed by atoms with Gasteiger partial charge in [-0.15, -0.1) is 0 Å². The molecule has 0 atom stereocenters. The number of halogens is 4. The van der Waals surface area contributed by atoms with Crippen LogP contribution in [-0.4, -0.2) is 17.6 Å². The first-order valence-electron chi connectivity index (χ1n) is 5.82. The van der Waals surface area contributed by atoms with Gasteiger partial charge in [0.25, 0.3) is 0 Å². The Labute approximate surface area is 116 Å². The van der Waals surface area contributed by atoms with Crippen LogP contribution in [0.4, 0.5) is 17.6 Å². The van der Waals surface area contributed by atoms with Crippen molar-refractivity contribution in [2.45, 2.75) is 13.1 Å². The number of carbonyl (C=O) groups excluding carboxylic acids is 1. The zero-order valence-electron chi connectivity index (χ0n) is 10.7. The van der Waals surface area contributed by atoms with Gasteiger partial charge < -0.3 is 9.15 Å². The van der Waals surface area contributed by atoms with E-state index in [1.807, 2.05) is 0 Å². The number of hydrogen-bond acceptors (Lipinski definition) is 4. The van der Waals surface area contributed by atoms with Crippen LogP contribution in [0, 0.1) is 5.82 Å². The summed E-state index contributed by atoms with van der Waals surface area (Å²) in [7, 11) is 0. The Morgan fingerprint density at radius 1 is 1.38 bits per heavy atom. The molecule has 0 radical (unpaired) electrons. The standard InChI is InChI=1S/C13H9F4NO3/c1-2-20-12(19)10-11(21-6-18-10)8-5-7(13(15,16)17)3-4-9(8)14/h3-6H,2H2,1H3. The van der Waals surface area contributed by atoms with E-state index in [0.717, 1.165) is 6.39 Å². The van der Waals surface area contributed by atoms with Gasteiger partial charge in [0.2, 0.25) is 0 Å². The van der Waals surface area contributed by atoms with Crippen molar-refractivity contribution in [2.24, 2.45) is 0 Å². The van der Waals surface area contributed by atoms with Crippen molar-refractivity contribution < 1.29 is 31.5 Å². The molecule has 8 heteroatoms. The SMILES string of the molecule is CCOC(=O)c1ncoc1-c1cc(C(F)(F)F)ccc1F. The second kappa shape index (κ2) is 5.55. The van der Waals surface area contributed by atoms with E-state index in [4.69, 9.17) is 4.42 Å². The molecule has 0 aliphatic rings. The summed E-state index contributed by atoms with van der Waals surface area (Å²) >= 11 is 0. The predicted octanol–water partition coefficient (Wildman–Crippen LogP) is 3.68. The molecule has 0 amide bonds. The molecule has 1 aromatic carbocycles. The van der Waals surface area contributed by atoms with Crippen molar-refractivity contribution in [3.63, 3.8) is 0 Å². The van der Waals surface area contributed by atoms with E-state index in [1.165, 1.54) is 0 Å². The maximum Gasteiger partial charge on any atom is 0.416 e. The lowest BCUT2D eigenvalue weighted by Crippen LogP contribution is -2.08. The number of hydrogen-bond donors (Lipinski definition) is 0. The predicted molar refractivity (Wildman–Crippen MR) is 62.9 cm³/mol. The summed E-state index contributed by atoms with van der Waals surface area (Å²) in [5.74, 6) is -2.28. The van der Waals surface area contributed by atoms with E-state index in [0.29, 0.717) is 18.2 Å². The number of alkyl halides is 3. The fourth-order valence-electron chi connectivity index (χ4n) is 1.66. The van der Waals surface area contributed by atoms with Crippen molar-refractivity contribution in [3.05, 3.63) is 41.7 Å². The Morgan fingerprint density at radius 2 is 2.10 bits per heavy atom. The lowest BCUT2D eigenvalue weighted by atomic mass is 10.1. The number of ether oxygens (including phenoxy) is 1. The molecule has 0 unspecified atom stereocenters. The van der Waals surface area contributed by atoms with E-state index in [-0.39, 0.29) is 12.3 Å². The first kappa shape index (κ1) is 15.0. The molecule has 0 bridgehead atoms. The van der Waals surface area contributed by atoms with Gasteiger partial charge in [-0.2, -0.15) is 13.2 Å². The Kier molecular flexibility index (Phi) is 3.97. The molecule has 0 saturated heterocycles. The molecular weight excluding hydrogens is 294 g/mol. The molecule has 0 fully saturated rings. The van der Waals surface area contributed by atoms with Gasteiger partial charge in [-0.1, -0.05) is 0 Å². The summed E-state index contributed by atoms with van der Waals surface area (Å²) in [5, 5.41) is 0. The Hall–Kier alpha value is -2.38. The number of esters is 1. The topological polar surface area (TPSA) is 52.3 Å². The van der Waals surface area contributed by atoms with Crippen LogP contribution in [0.1, 0.15) is 23.0 Å². The number of rotatable bonds is 3. The smallest absolute Gasteiger partial charge is 0.416 e. The number of oxazole rings is 1. The first-order chi connectivity index (χ1) is 9.84. The lowest BCUT2D eigenvalue weighted by Gasteiger charge is -2.09. The highest BCUT2D eigenvalue weighted by Gasteiger charge is 2.32. The molecule has 0 aliphatic carbocycles. The molecule has 21 heavy (non-hydrogen) atoms. The minimum Gasteiger partial charge on any atom is -0.461 e. The Balaban J connectivity index is 2.52. The highest BCUT2D eigenvalue weighted by molar-refractivity contribution is 5.93. The average molecular weight is 303 g/mol. The van der Waals surface area contributed by atoms with Crippen LogP contribution in [0.2, 0.25) is 0 Å². The van der Waals surface area contributed by atoms with E-state index in [1.54, 1.807) is 6.92 Å². The zero-order chi connectivity index (χ0) is 15.6. The highest BCUT2D eigenvalue weighted by Crippen LogP contribution is 2.34. The van der Waals surface area contributed by atoms with Crippen molar-refractivity contribution in [1.82, 2.24) is 4.98 Å². The molecule has 0 aliphatic heterocycles. The highest BCUT2D eigenvalue weighted by atomic mass is 19.4. The molecule has 0 spiro atoms. The van der Waals surface area contributed by atoms with Crippen LogP contribution < -0.4 is 0 Å². The summed E-state index contributed by atoms with van der Waals surface area (Å²) in [6.45, 7) is 1.58. The van der Waals surface area contributed by atoms with Gasteiger partial charge in [0.05, 0.1) is 17.7 Å². The minimum atomic E-state index is -4.65. The summed E-state index contributed by atoms with van der Waals surface area (Å²) in [5.41, 5.74) is -1.95. The van der Waals surface area contributed by atoms with Crippen molar-refractivity contribution in [2.75, 3.05) is 6.61 Å². The van der Waals surface area contributed by atoms with Crippen LogP contribution in [0.5, 0.6) is 0 Å². The summed E-state index contributed by atoms with van der Waals surface area (Å²) < 4.78 is 61.3. The molecular formula is C13H9F4NO3. The van der Waals surface area contributed by atoms with E-state index < -0.39 is 34.8 Å². The van der Waals surface area contributed by atoms with Gasteiger partial charge in [0.15, 0.2) is 17.8 Å². The van der Waals surface area contributed by atoms with Crippen molar-refractivity contribution in [3.8, 4) is 11.3 Å². The third-order valence-corrected chi connectivity index (χ3v) is 2.57. The quantitative estimate of drug-likeness (QED) is 0.641.